The van der Waals surface area contributed by atoms with Crippen LogP contribution in [0.3, 0.4) is 0 Å². The van der Waals surface area contributed by atoms with Gasteiger partial charge in [0.05, 0.1) is 0 Å². The zero-order valence-corrected chi connectivity index (χ0v) is 8.88. The molecule has 1 N–H and O–H groups in total. The van der Waals surface area contributed by atoms with Gasteiger partial charge in [0.2, 0.25) is 0 Å². The molecule has 0 aromatic carbocycles. The summed E-state index contributed by atoms with van der Waals surface area (Å²) in [6, 6.07) is 1.94. The highest BCUT2D eigenvalue weighted by Gasteiger charge is 2.41. The minimum absolute atomic E-state index is 0.268. The van der Waals surface area contributed by atoms with E-state index in [1.807, 2.05) is 12.3 Å². The molecule has 0 atom stereocenters. The van der Waals surface area contributed by atoms with E-state index in [2.05, 4.69) is 29.1 Å². The summed E-state index contributed by atoms with van der Waals surface area (Å²) in [5.41, 5.74) is 0.268. The lowest BCUT2D eigenvalue weighted by Gasteiger charge is -2.09. The van der Waals surface area contributed by atoms with E-state index >= 15 is 0 Å². The first-order chi connectivity index (χ1) is 6.74. The summed E-state index contributed by atoms with van der Waals surface area (Å²) in [5, 5.41) is 3.28. The normalized spacial score (nSPS) is 17.9. The van der Waals surface area contributed by atoms with Crippen LogP contribution in [0.5, 0.6) is 0 Å². The first-order valence-electron chi connectivity index (χ1n) is 5.32. The number of hydrogen-bond donors (Lipinski definition) is 1. The lowest BCUT2D eigenvalue weighted by atomic mass is 10.1. The van der Waals surface area contributed by atoms with Crippen LogP contribution in [0.4, 0.5) is 5.82 Å². The average molecular weight is 191 g/mol. The second kappa shape index (κ2) is 3.56. The van der Waals surface area contributed by atoms with Crippen molar-refractivity contribution in [2.45, 2.75) is 38.5 Å². The van der Waals surface area contributed by atoms with Gasteiger partial charge < -0.3 is 5.32 Å². The second-order valence-electron chi connectivity index (χ2n) is 4.25. The molecule has 1 saturated carbocycles. The van der Waals surface area contributed by atoms with Crippen LogP contribution in [-0.4, -0.2) is 16.5 Å². The largest absolute Gasteiger partial charge is 0.370 e. The van der Waals surface area contributed by atoms with Crippen LogP contribution >= 0.6 is 0 Å². The number of aromatic nitrogens is 2. The van der Waals surface area contributed by atoms with Gasteiger partial charge in [-0.25, -0.2) is 9.97 Å². The molecule has 0 radical (unpaired) electrons. The Hall–Kier alpha value is -1.12. The van der Waals surface area contributed by atoms with Crippen molar-refractivity contribution in [2.24, 2.45) is 0 Å². The van der Waals surface area contributed by atoms with Gasteiger partial charge in [-0.3, -0.25) is 0 Å². The van der Waals surface area contributed by atoms with Crippen molar-refractivity contribution >= 4 is 5.82 Å². The van der Waals surface area contributed by atoms with Crippen molar-refractivity contribution in [2.75, 3.05) is 11.9 Å². The molecule has 2 rings (SSSR count). The van der Waals surface area contributed by atoms with Gasteiger partial charge in [0, 0.05) is 18.2 Å². The molecule has 76 valence electrons. The molecule has 0 saturated heterocycles. The molecule has 0 amide bonds. The first-order valence-corrected chi connectivity index (χ1v) is 5.32. The van der Waals surface area contributed by atoms with Gasteiger partial charge in [0.15, 0.2) is 0 Å². The van der Waals surface area contributed by atoms with E-state index in [1.165, 1.54) is 12.8 Å². The fraction of sp³-hybridized carbons (Fsp3) is 0.636. The monoisotopic (exact) mass is 191 g/mol. The van der Waals surface area contributed by atoms with Gasteiger partial charge in [-0.05, 0) is 25.3 Å². The van der Waals surface area contributed by atoms with E-state index < -0.39 is 0 Å². The smallest absolute Gasteiger partial charge is 0.136 e. The van der Waals surface area contributed by atoms with E-state index in [4.69, 9.17) is 0 Å². The highest BCUT2D eigenvalue weighted by Crippen LogP contribution is 2.45. The van der Waals surface area contributed by atoms with Gasteiger partial charge in [0.1, 0.15) is 11.6 Å². The first kappa shape index (κ1) is 9.44. The molecule has 1 aliphatic carbocycles. The highest BCUT2D eigenvalue weighted by atomic mass is 15.0. The van der Waals surface area contributed by atoms with Crippen LogP contribution in [0.15, 0.2) is 12.3 Å². The Morgan fingerprint density at radius 1 is 1.50 bits per heavy atom. The van der Waals surface area contributed by atoms with Crippen molar-refractivity contribution in [1.29, 1.82) is 0 Å². The SMILES string of the molecule is CCCNc1ccnc(C2(C)CC2)n1. The maximum Gasteiger partial charge on any atom is 0.136 e. The zero-order chi connectivity index (χ0) is 10.0. The molecule has 1 aromatic rings. The third-order valence-corrected chi connectivity index (χ3v) is 2.75. The summed E-state index contributed by atoms with van der Waals surface area (Å²) in [6.07, 6.45) is 5.43. The van der Waals surface area contributed by atoms with Crippen molar-refractivity contribution in [1.82, 2.24) is 9.97 Å². The van der Waals surface area contributed by atoms with Crippen LogP contribution in [0.25, 0.3) is 0 Å². The Kier molecular flexibility index (Phi) is 2.40. The van der Waals surface area contributed by atoms with Gasteiger partial charge in [-0.1, -0.05) is 13.8 Å². The Morgan fingerprint density at radius 2 is 2.29 bits per heavy atom. The Labute approximate surface area is 85.0 Å². The van der Waals surface area contributed by atoms with Crippen molar-refractivity contribution < 1.29 is 0 Å². The summed E-state index contributed by atoms with van der Waals surface area (Å²) in [5.74, 6) is 1.96. The minimum Gasteiger partial charge on any atom is -0.370 e. The van der Waals surface area contributed by atoms with E-state index in [-0.39, 0.29) is 5.41 Å². The summed E-state index contributed by atoms with van der Waals surface area (Å²) in [7, 11) is 0. The van der Waals surface area contributed by atoms with Gasteiger partial charge >= 0.3 is 0 Å². The predicted molar refractivity (Wildman–Crippen MR) is 57.4 cm³/mol. The van der Waals surface area contributed by atoms with Crippen molar-refractivity contribution in [3.63, 3.8) is 0 Å². The fourth-order valence-electron chi connectivity index (χ4n) is 1.41. The standard InChI is InChI=1S/C11H17N3/c1-3-7-12-9-4-8-13-10(14-9)11(2)5-6-11/h4,8H,3,5-7H2,1-2H3,(H,12,13,14). The molecular weight excluding hydrogens is 174 g/mol. The minimum atomic E-state index is 0.268. The molecule has 0 bridgehead atoms. The van der Waals surface area contributed by atoms with E-state index in [0.29, 0.717) is 0 Å². The molecule has 1 aromatic heterocycles. The maximum atomic E-state index is 4.52. The predicted octanol–water partition coefficient (Wildman–Crippen LogP) is 2.35. The zero-order valence-electron chi connectivity index (χ0n) is 8.88. The number of nitrogens with zero attached hydrogens (tertiary/aromatic N) is 2. The molecule has 3 nitrogen and oxygen atoms in total. The van der Waals surface area contributed by atoms with Crippen molar-refractivity contribution in [3.05, 3.63) is 18.1 Å². The molecular formula is C11H17N3. The average Bonchev–Trinajstić information content (AvgIpc) is 2.95. The second-order valence-corrected chi connectivity index (χ2v) is 4.25. The molecule has 0 aliphatic heterocycles. The summed E-state index contributed by atoms with van der Waals surface area (Å²) in [6.45, 7) is 5.36. The van der Waals surface area contributed by atoms with Crippen LogP contribution < -0.4 is 5.32 Å². The topological polar surface area (TPSA) is 37.8 Å². The van der Waals surface area contributed by atoms with Crippen LogP contribution in [0.1, 0.15) is 38.9 Å². The van der Waals surface area contributed by atoms with E-state index in [1.54, 1.807) is 0 Å². The summed E-state index contributed by atoms with van der Waals surface area (Å²) >= 11 is 0. The Bertz CT molecular complexity index is 318. The number of nitrogens with one attached hydrogen (secondary N) is 1. The van der Waals surface area contributed by atoms with Crippen molar-refractivity contribution in [3.8, 4) is 0 Å². The number of hydrogen-bond acceptors (Lipinski definition) is 3. The van der Waals surface area contributed by atoms with Gasteiger partial charge in [-0.15, -0.1) is 0 Å². The van der Waals surface area contributed by atoms with Crippen LogP contribution in [-0.2, 0) is 5.41 Å². The van der Waals surface area contributed by atoms with Gasteiger partial charge in [0.25, 0.3) is 0 Å². The maximum absolute atomic E-state index is 4.52. The van der Waals surface area contributed by atoms with Crippen LogP contribution in [0, 0.1) is 0 Å². The third-order valence-electron chi connectivity index (χ3n) is 2.75. The summed E-state index contributed by atoms with van der Waals surface area (Å²) in [4.78, 5) is 8.85. The Balaban J connectivity index is 2.11. The molecule has 1 heterocycles. The van der Waals surface area contributed by atoms with E-state index in [9.17, 15) is 0 Å². The quantitative estimate of drug-likeness (QED) is 0.793. The summed E-state index contributed by atoms with van der Waals surface area (Å²) < 4.78 is 0. The van der Waals surface area contributed by atoms with Crippen LogP contribution in [0.2, 0.25) is 0 Å². The van der Waals surface area contributed by atoms with E-state index in [0.717, 1.165) is 24.6 Å². The third kappa shape index (κ3) is 1.86. The molecule has 3 heteroatoms. The molecule has 1 aliphatic rings. The lowest BCUT2D eigenvalue weighted by molar-refractivity contribution is 0.709. The Morgan fingerprint density at radius 3 is 2.93 bits per heavy atom. The molecule has 14 heavy (non-hydrogen) atoms. The number of anilines is 1. The molecule has 0 spiro atoms. The fourth-order valence-corrected chi connectivity index (χ4v) is 1.41. The number of rotatable bonds is 4. The lowest BCUT2D eigenvalue weighted by Crippen LogP contribution is -2.09. The van der Waals surface area contributed by atoms with Gasteiger partial charge in [-0.2, -0.15) is 0 Å². The highest BCUT2D eigenvalue weighted by molar-refractivity contribution is 5.34. The molecule has 0 unspecified atom stereocenters. The molecule has 1 fully saturated rings.